The Bertz CT molecular complexity index is 517. The van der Waals surface area contributed by atoms with Crippen molar-refractivity contribution in [2.75, 3.05) is 6.54 Å². The summed E-state index contributed by atoms with van der Waals surface area (Å²) in [7, 11) is 0. The average molecular weight is 279 g/mol. The molecule has 0 spiro atoms. The highest BCUT2D eigenvalue weighted by molar-refractivity contribution is 7.99. The highest BCUT2D eigenvalue weighted by atomic mass is 35.5. The third kappa shape index (κ3) is 3.48. The number of benzene rings is 1. The molecule has 0 radical (unpaired) electrons. The van der Waals surface area contributed by atoms with Crippen LogP contribution in [0.15, 0.2) is 52.5 Å². The van der Waals surface area contributed by atoms with E-state index in [1.54, 1.807) is 11.8 Å². The van der Waals surface area contributed by atoms with Gasteiger partial charge in [0.25, 0.3) is 0 Å². The third-order valence-corrected chi connectivity index (χ3v) is 4.12. The van der Waals surface area contributed by atoms with E-state index in [2.05, 4.69) is 11.1 Å². The molecule has 18 heavy (non-hydrogen) atoms. The van der Waals surface area contributed by atoms with Crippen LogP contribution in [0.1, 0.15) is 12.0 Å². The number of hydrogen-bond acceptors (Lipinski definition) is 3. The molecule has 0 saturated heterocycles. The summed E-state index contributed by atoms with van der Waals surface area (Å²) < 4.78 is 0. The highest BCUT2D eigenvalue weighted by Crippen LogP contribution is 2.33. The molecule has 4 heteroatoms. The van der Waals surface area contributed by atoms with E-state index < -0.39 is 0 Å². The topological polar surface area (TPSA) is 38.9 Å². The summed E-state index contributed by atoms with van der Waals surface area (Å²) in [6, 6.07) is 11.9. The smallest absolute Gasteiger partial charge is 0.104 e. The molecule has 0 amide bonds. The molecule has 0 aliphatic rings. The molecule has 94 valence electrons. The van der Waals surface area contributed by atoms with Crippen molar-refractivity contribution in [2.24, 2.45) is 5.73 Å². The van der Waals surface area contributed by atoms with Crippen molar-refractivity contribution >= 4 is 23.4 Å². The largest absolute Gasteiger partial charge is 0.330 e. The second kappa shape index (κ2) is 6.78. The first kappa shape index (κ1) is 13.4. The van der Waals surface area contributed by atoms with Gasteiger partial charge in [0.15, 0.2) is 0 Å². The van der Waals surface area contributed by atoms with Crippen molar-refractivity contribution in [3.63, 3.8) is 0 Å². The molecule has 0 saturated carbocycles. The normalized spacial score (nSPS) is 10.6. The van der Waals surface area contributed by atoms with Crippen LogP contribution in [0.4, 0.5) is 0 Å². The predicted octanol–water partition coefficient (Wildman–Crippen LogP) is 3.78. The van der Waals surface area contributed by atoms with E-state index in [9.17, 15) is 0 Å². The maximum atomic E-state index is 6.16. The molecule has 1 aromatic carbocycles. The van der Waals surface area contributed by atoms with Crippen molar-refractivity contribution in [1.82, 2.24) is 4.98 Å². The minimum Gasteiger partial charge on any atom is -0.330 e. The van der Waals surface area contributed by atoms with Crippen LogP contribution in [0, 0.1) is 0 Å². The van der Waals surface area contributed by atoms with Crippen molar-refractivity contribution in [2.45, 2.75) is 22.8 Å². The maximum absolute atomic E-state index is 6.16. The fourth-order valence-corrected chi connectivity index (χ4v) is 2.82. The van der Waals surface area contributed by atoms with Crippen molar-refractivity contribution in [3.05, 3.63) is 53.2 Å². The minimum absolute atomic E-state index is 0.699. The molecule has 1 heterocycles. The SMILES string of the molecule is NCCCc1cccnc1Sc1ccccc1Cl. The molecule has 2 nitrogen and oxygen atoms in total. The average Bonchev–Trinajstić information content (AvgIpc) is 2.40. The van der Waals surface area contributed by atoms with E-state index in [-0.39, 0.29) is 0 Å². The Morgan fingerprint density at radius 2 is 2.00 bits per heavy atom. The molecule has 0 aliphatic carbocycles. The molecule has 0 aliphatic heterocycles. The van der Waals surface area contributed by atoms with Crippen LogP contribution in [-0.4, -0.2) is 11.5 Å². The number of pyridine rings is 1. The number of hydrogen-bond donors (Lipinski definition) is 1. The van der Waals surface area contributed by atoms with Crippen molar-refractivity contribution < 1.29 is 0 Å². The van der Waals surface area contributed by atoms with Gasteiger partial charge in [0.05, 0.1) is 5.02 Å². The van der Waals surface area contributed by atoms with Crippen LogP contribution in [0.25, 0.3) is 0 Å². The second-order valence-electron chi connectivity index (χ2n) is 3.89. The first-order valence-corrected chi connectivity index (χ1v) is 7.07. The summed E-state index contributed by atoms with van der Waals surface area (Å²) in [5.41, 5.74) is 6.78. The van der Waals surface area contributed by atoms with Crippen LogP contribution in [-0.2, 0) is 6.42 Å². The van der Waals surface area contributed by atoms with Gasteiger partial charge in [-0.3, -0.25) is 0 Å². The zero-order chi connectivity index (χ0) is 12.8. The number of aromatic nitrogens is 1. The number of nitrogens with zero attached hydrogens (tertiary/aromatic N) is 1. The van der Waals surface area contributed by atoms with E-state index in [4.69, 9.17) is 17.3 Å². The molecular formula is C14H15ClN2S. The monoisotopic (exact) mass is 278 g/mol. The van der Waals surface area contributed by atoms with Gasteiger partial charge >= 0.3 is 0 Å². The molecule has 1 aromatic heterocycles. The summed E-state index contributed by atoms with van der Waals surface area (Å²) in [5, 5.41) is 1.77. The Labute approximate surface area is 117 Å². The highest BCUT2D eigenvalue weighted by Gasteiger charge is 2.07. The van der Waals surface area contributed by atoms with Gasteiger partial charge in [0, 0.05) is 11.1 Å². The van der Waals surface area contributed by atoms with Gasteiger partial charge in [-0.25, -0.2) is 4.98 Å². The van der Waals surface area contributed by atoms with Crippen LogP contribution < -0.4 is 5.73 Å². The molecule has 0 bridgehead atoms. The summed E-state index contributed by atoms with van der Waals surface area (Å²) >= 11 is 7.77. The van der Waals surface area contributed by atoms with Crippen molar-refractivity contribution in [1.29, 1.82) is 0 Å². The number of nitrogens with two attached hydrogens (primary N) is 1. The first-order valence-electron chi connectivity index (χ1n) is 5.87. The van der Waals surface area contributed by atoms with Crippen LogP contribution >= 0.6 is 23.4 Å². The van der Waals surface area contributed by atoms with Crippen LogP contribution in [0.3, 0.4) is 0 Å². The van der Waals surface area contributed by atoms with Crippen molar-refractivity contribution in [3.8, 4) is 0 Å². The summed E-state index contributed by atoms with van der Waals surface area (Å²) in [6.07, 6.45) is 3.74. The molecule has 0 unspecified atom stereocenters. The predicted molar refractivity (Wildman–Crippen MR) is 77.2 cm³/mol. The lowest BCUT2D eigenvalue weighted by Crippen LogP contribution is -2.01. The zero-order valence-electron chi connectivity index (χ0n) is 9.97. The van der Waals surface area contributed by atoms with E-state index in [1.165, 1.54) is 5.56 Å². The summed E-state index contributed by atoms with van der Waals surface area (Å²) in [5.74, 6) is 0. The fraction of sp³-hybridized carbons (Fsp3) is 0.214. The lowest BCUT2D eigenvalue weighted by atomic mass is 10.2. The number of halogens is 1. The lowest BCUT2D eigenvalue weighted by Gasteiger charge is -2.08. The maximum Gasteiger partial charge on any atom is 0.104 e. The van der Waals surface area contributed by atoms with Gasteiger partial charge in [-0.15, -0.1) is 0 Å². The standard InChI is InChI=1S/C14H15ClN2S/c15-12-7-1-2-8-13(12)18-14-11(5-3-9-16)6-4-10-17-14/h1-2,4,6-8,10H,3,5,9,16H2. The first-order chi connectivity index (χ1) is 8.81. The fourth-order valence-electron chi connectivity index (χ4n) is 1.63. The van der Waals surface area contributed by atoms with Gasteiger partial charge in [-0.2, -0.15) is 0 Å². The number of rotatable bonds is 5. The summed E-state index contributed by atoms with van der Waals surface area (Å²) in [6.45, 7) is 0.699. The molecule has 2 N–H and O–H groups in total. The summed E-state index contributed by atoms with van der Waals surface area (Å²) in [4.78, 5) is 5.47. The van der Waals surface area contributed by atoms with E-state index in [1.807, 2.05) is 36.5 Å². The van der Waals surface area contributed by atoms with Gasteiger partial charge < -0.3 is 5.73 Å². The van der Waals surface area contributed by atoms with Gasteiger partial charge in [0.2, 0.25) is 0 Å². The molecule has 2 aromatic rings. The Hall–Kier alpha value is -1.03. The third-order valence-electron chi connectivity index (χ3n) is 2.54. The van der Waals surface area contributed by atoms with E-state index >= 15 is 0 Å². The molecule has 0 fully saturated rings. The number of aryl methyl sites for hydroxylation is 1. The van der Waals surface area contributed by atoms with E-state index in [0.29, 0.717) is 6.54 Å². The zero-order valence-corrected chi connectivity index (χ0v) is 11.5. The minimum atomic E-state index is 0.699. The molecular weight excluding hydrogens is 264 g/mol. The Kier molecular flexibility index (Phi) is 5.05. The second-order valence-corrected chi connectivity index (χ2v) is 5.33. The Balaban J connectivity index is 2.21. The Morgan fingerprint density at radius 3 is 2.78 bits per heavy atom. The molecule has 2 rings (SSSR count). The molecule has 0 atom stereocenters. The van der Waals surface area contributed by atoms with Crippen LogP contribution in [0.5, 0.6) is 0 Å². The van der Waals surface area contributed by atoms with Gasteiger partial charge in [0.1, 0.15) is 5.03 Å². The quantitative estimate of drug-likeness (QED) is 0.905. The Morgan fingerprint density at radius 1 is 1.17 bits per heavy atom. The van der Waals surface area contributed by atoms with Gasteiger partial charge in [-0.05, 0) is 43.1 Å². The van der Waals surface area contributed by atoms with Gasteiger partial charge in [-0.1, -0.05) is 41.6 Å². The van der Waals surface area contributed by atoms with Crippen LogP contribution in [0.2, 0.25) is 5.02 Å². The van der Waals surface area contributed by atoms with E-state index in [0.717, 1.165) is 27.8 Å². The lowest BCUT2D eigenvalue weighted by molar-refractivity contribution is 0.808.